The maximum atomic E-state index is 12.8. The fourth-order valence-electron chi connectivity index (χ4n) is 4.73. The third-order valence-electron chi connectivity index (χ3n) is 6.49. The van der Waals surface area contributed by atoms with Crippen molar-refractivity contribution in [3.63, 3.8) is 0 Å². The average Bonchev–Trinajstić information content (AvgIpc) is 3.50. The molecule has 5 nitrogen and oxygen atoms in total. The van der Waals surface area contributed by atoms with Crippen molar-refractivity contribution in [3.8, 4) is 0 Å². The van der Waals surface area contributed by atoms with Crippen molar-refractivity contribution in [2.24, 2.45) is 5.92 Å². The largest absolute Gasteiger partial charge is 0.342 e. The SMILES string of the molecule is O=C(NC1CCCCC1)NC1CCN(C(=O)C2CC2c2ccccc2Cl)CC1. The molecule has 152 valence electrons. The topological polar surface area (TPSA) is 61.4 Å². The molecule has 1 heterocycles. The maximum absolute atomic E-state index is 12.8. The summed E-state index contributed by atoms with van der Waals surface area (Å²) in [5, 5.41) is 6.98. The molecule has 1 aromatic carbocycles. The Kier molecular flexibility index (Phi) is 6.10. The molecule has 2 unspecified atom stereocenters. The standard InChI is InChI=1S/C22H30ClN3O2/c23-20-9-5-4-8-17(20)18-14-19(18)21(27)26-12-10-16(11-13-26)25-22(28)24-15-6-2-1-3-7-15/h4-5,8-9,15-16,18-19H,1-3,6-7,10-14H2,(H2,24,25,28). The minimum atomic E-state index is -0.0438. The first kappa shape index (κ1) is 19.6. The molecule has 2 saturated carbocycles. The van der Waals surface area contributed by atoms with Crippen molar-refractivity contribution in [2.45, 2.75) is 69.4 Å². The lowest BCUT2D eigenvalue weighted by atomic mass is 9.96. The molecular weight excluding hydrogens is 374 g/mol. The Hall–Kier alpha value is -1.75. The number of nitrogens with one attached hydrogen (secondary N) is 2. The summed E-state index contributed by atoms with van der Waals surface area (Å²) in [6.45, 7) is 1.44. The van der Waals surface area contributed by atoms with Crippen LogP contribution in [0, 0.1) is 5.92 Å². The van der Waals surface area contributed by atoms with E-state index in [0.29, 0.717) is 6.04 Å². The zero-order valence-electron chi connectivity index (χ0n) is 16.3. The number of urea groups is 1. The highest BCUT2D eigenvalue weighted by molar-refractivity contribution is 6.31. The van der Waals surface area contributed by atoms with Crippen LogP contribution in [0.4, 0.5) is 4.79 Å². The van der Waals surface area contributed by atoms with Gasteiger partial charge in [-0.2, -0.15) is 0 Å². The number of benzene rings is 1. The lowest BCUT2D eigenvalue weighted by Gasteiger charge is -2.33. The predicted molar refractivity (Wildman–Crippen MR) is 110 cm³/mol. The molecule has 0 aromatic heterocycles. The first-order chi connectivity index (χ1) is 13.6. The molecule has 2 N–H and O–H groups in total. The third kappa shape index (κ3) is 4.62. The van der Waals surface area contributed by atoms with Gasteiger partial charge in [0.15, 0.2) is 0 Å². The Balaban J connectivity index is 1.20. The number of carbonyl (C=O) groups is 2. The highest BCUT2D eigenvalue weighted by Gasteiger charge is 2.46. The zero-order valence-corrected chi connectivity index (χ0v) is 17.1. The number of rotatable bonds is 4. The molecule has 2 atom stereocenters. The van der Waals surface area contributed by atoms with Gasteiger partial charge in [0.2, 0.25) is 5.91 Å². The molecule has 1 saturated heterocycles. The fraction of sp³-hybridized carbons (Fsp3) is 0.636. The van der Waals surface area contributed by atoms with Crippen LogP contribution in [0.3, 0.4) is 0 Å². The van der Waals surface area contributed by atoms with E-state index in [4.69, 9.17) is 11.6 Å². The van der Waals surface area contributed by atoms with E-state index in [0.717, 1.165) is 55.8 Å². The fourth-order valence-corrected chi connectivity index (χ4v) is 5.00. The van der Waals surface area contributed by atoms with Gasteiger partial charge in [-0.3, -0.25) is 4.79 Å². The van der Waals surface area contributed by atoms with Crippen molar-refractivity contribution in [1.29, 1.82) is 0 Å². The minimum absolute atomic E-state index is 0.0438. The van der Waals surface area contributed by atoms with Gasteiger partial charge in [0.1, 0.15) is 0 Å². The number of hydrogen-bond donors (Lipinski definition) is 2. The Morgan fingerprint density at radius 1 is 0.929 bits per heavy atom. The summed E-state index contributed by atoms with van der Waals surface area (Å²) >= 11 is 6.28. The summed E-state index contributed by atoms with van der Waals surface area (Å²) < 4.78 is 0. The maximum Gasteiger partial charge on any atom is 0.315 e. The first-order valence-electron chi connectivity index (χ1n) is 10.7. The second kappa shape index (κ2) is 8.73. The highest BCUT2D eigenvalue weighted by atomic mass is 35.5. The molecular formula is C22H30ClN3O2. The quantitative estimate of drug-likeness (QED) is 0.796. The van der Waals surface area contributed by atoms with Gasteiger partial charge in [0.05, 0.1) is 0 Å². The number of carbonyl (C=O) groups excluding carboxylic acids is 2. The van der Waals surface area contributed by atoms with Gasteiger partial charge in [-0.25, -0.2) is 4.79 Å². The van der Waals surface area contributed by atoms with Crippen molar-refractivity contribution in [2.75, 3.05) is 13.1 Å². The van der Waals surface area contributed by atoms with Gasteiger partial charge in [-0.05, 0) is 49.7 Å². The van der Waals surface area contributed by atoms with Gasteiger partial charge in [-0.1, -0.05) is 49.1 Å². The summed E-state index contributed by atoms with van der Waals surface area (Å²) in [7, 11) is 0. The summed E-state index contributed by atoms with van der Waals surface area (Å²) in [5.41, 5.74) is 1.10. The van der Waals surface area contributed by atoms with Gasteiger partial charge in [0, 0.05) is 36.1 Å². The monoisotopic (exact) mass is 403 g/mol. The summed E-state index contributed by atoms with van der Waals surface area (Å²) in [5.74, 6) is 0.576. The molecule has 3 amide bonds. The van der Waals surface area contributed by atoms with E-state index in [1.54, 1.807) is 0 Å². The van der Waals surface area contributed by atoms with Crippen molar-refractivity contribution >= 4 is 23.5 Å². The third-order valence-corrected chi connectivity index (χ3v) is 6.84. The van der Waals surface area contributed by atoms with Crippen molar-refractivity contribution < 1.29 is 9.59 Å². The van der Waals surface area contributed by atoms with Crippen LogP contribution in [0.15, 0.2) is 24.3 Å². The number of nitrogens with zero attached hydrogens (tertiary/aromatic N) is 1. The van der Waals surface area contributed by atoms with Gasteiger partial charge in [-0.15, -0.1) is 0 Å². The predicted octanol–water partition coefficient (Wildman–Crippen LogP) is 4.07. The lowest BCUT2D eigenvalue weighted by molar-refractivity contribution is -0.133. The summed E-state index contributed by atoms with van der Waals surface area (Å²) in [4.78, 5) is 27.0. The zero-order chi connectivity index (χ0) is 19.5. The Morgan fingerprint density at radius 2 is 1.57 bits per heavy atom. The molecule has 3 fully saturated rings. The molecule has 0 spiro atoms. The van der Waals surface area contributed by atoms with Crippen LogP contribution in [-0.2, 0) is 4.79 Å². The molecule has 6 heteroatoms. The van der Waals surface area contributed by atoms with Gasteiger partial charge in [0.25, 0.3) is 0 Å². The number of hydrogen-bond acceptors (Lipinski definition) is 2. The molecule has 0 bridgehead atoms. The Labute approximate surface area is 172 Å². The van der Waals surface area contributed by atoms with E-state index in [1.807, 2.05) is 29.2 Å². The van der Waals surface area contributed by atoms with Gasteiger partial charge >= 0.3 is 6.03 Å². The smallest absolute Gasteiger partial charge is 0.315 e. The highest BCUT2D eigenvalue weighted by Crippen LogP contribution is 2.50. The van der Waals surface area contributed by atoms with Gasteiger partial charge < -0.3 is 15.5 Å². The molecule has 28 heavy (non-hydrogen) atoms. The van der Waals surface area contributed by atoms with E-state index in [2.05, 4.69) is 10.6 Å². The normalized spacial score (nSPS) is 26.0. The second-order valence-corrected chi connectivity index (χ2v) is 8.93. The van der Waals surface area contributed by atoms with Crippen LogP contribution < -0.4 is 10.6 Å². The van der Waals surface area contributed by atoms with E-state index in [-0.39, 0.29) is 29.8 Å². The Bertz CT molecular complexity index is 711. The van der Waals surface area contributed by atoms with Crippen LogP contribution in [0.25, 0.3) is 0 Å². The molecule has 1 aliphatic heterocycles. The lowest BCUT2D eigenvalue weighted by Crippen LogP contribution is -2.51. The molecule has 2 aliphatic carbocycles. The Morgan fingerprint density at radius 3 is 2.25 bits per heavy atom. The average molecular weight is 404 g/mol. The van der Waals surface area contributed by atoms with Crippen LogP contribution in [0.1, 0.15) is 62.8 Å². The van der Waals surface area contributed by atoms with Crippen LogP contribution in [-0.4, -0.2) is 42.0 Å². The number of likely N-dealkylation sites (tertiary alicyclic amines) is 1. The van der Waals surface area contributed by atoms with Crippen LogP contribution in [0.2, 0.25) is 5.02 Å². The molecule has 1 aromatic rings. The van der Waals surface area contributed by atoms with E-state index >= 15 is 0 Å². The van der Waals surface area contributed by atoms with Crippen LogP contribution in [0.5, 0.6) is 0 Å². The molecule has 0 radical (unpaired) electrons. The number of amides is 3. The summed E-state index contributed by atoms with van der Waals surface area (Å²) in [6, 6.07) is 8.27. The van der Waals surface area contributed by atoms with Crippen molar-refractivity contribution in [3.05, 3.63) is 34.9 Å². The van der Waals surface area contributed by atoms with E-state index in [9.17, 15) is 9.59 Å². The van der Waals surface area contributed by atoms with Crippen molar-refractivity contribution in [1.82, 2.24) is 15.5 Å². The second-order valence-electron chi connectivity index (χ2n) is 8.52. The van der Waals surface area contributed by atoms with E-state index in [1.165, 1.54) is 19.3 Å². The number of piperidine rings is 1. The molecule has 4 rings (SSSR count). The summed E-state index contributed by atoms with van der Waals surface area (Å²) in [6.07, 6.45) is 8.43. The minimum Gasteiger partial charge on any atom is -0.342 e. The number of halogens is 1. The van der Waals surface area contributed by atoms with Crippen LogP contribution >= 0.6 is 11.6 Å². The molecule has 3 aliphatic rings. The first-order valence-corrected chi connectivity index (χ1v) is 11.1. The van der Waals surface area contributed by atoms with E-state index < -0.39 is 0 Å².